The van der Waals surface area contributed by atoms with Gasteiger partial charge in [-0.25, -0.2) is 0 Å². The average molecular weight is 214 g/mol. The molecule has 6 heteroatoms. The highest BCUT2D eigenvalue weighted by molar-refractivity contribution is 5.73. The van der Waals surface area contributed by atoms with Crippen LogP contribution in [0.4, 0.5) is 0 Å². The van der Waals surface area contributed by atoms with Crippen LogP contribution in [0.25, 0.3) is 0 Å². The van der Waals surface area contributed by atoms with E-state index in [9.17, 15) is 9.59 Å². The molecular formula is C9H14N2O4. The molecule has 0 aliphatic heterocycles. The summed E-state index contributed by atoms with van der Waals surface area (Å²) < 4.78 is 4.93. The SMILES string of the molecule is CCCc1o[nH]c(=O)c1CC(N)C(=O)O. The smallest absolute Gasteiger partial charge is 0.320 e. The van der Waals surface area contributed by atoms with Crippen LogP contribution in [-0.4, -0.2) is 22.3 Å². The molecule has 1 heterocycles. The molecule has 0 bridgehead atoms. The van der Waals surface area contributed by atoms with Gasteiger partial charge in [-0.05, 0) is 6.42 Å². The van der Waals surface area contributed by atoms with Gasteiger partial charge in [-0.2, -0.15) is 5.16 Å². The van der Waals surface area contributed by atoms with Gasteiger partial charge < -0.3 is 15.4 Å². The number of hydrogen-bond acceptors (Lipinski definition) is 4. The predicted molar refractivity (Wildman–Crippen MR) is 52.6 cm³/mol. The van der Waals surface area contributed by atoms with E-state index in [0.717, 1.165) is 6.42 Å². The zero-order valence-electron chi connectivity index (χ0n) is 8.45. The minimum absolute atomic E-state index is 0.00347. The monoisotopic (exact) mass is 214 g/mol. The Bertz CT molecular complexity index is 393. The van der Waals surface area contributed by atoms with Gasteiger partial charge in [0.1, 0.15) is 11.8 Å². The maximum absolute atomic E-state index is 11.3. The number of aromatic nitrogens is 1. The Kier molecular flexibility index (Phi) is 3.68. The summed E-state index contributed by atoms with van der Waals surface area (Å²) in [6.07, 6.45) is 1.41. The van der Waals surface area contributed by atoms with Gasteiger partial charge in [-0.1, -0.05) is 6.92 Å². The van der Waals surface area contributed by atoms with E-state index in [-0.39, 0.29) is 6.42 Å². The van der Waals surface area contributed by atoms with Crippen molar-refractivity contribution in [2.45, 2.75) is 32.2 Å². The number of rotatable bonds is 5. The lowest BCUT2D eigenvalue weighted by atomic mass is 10.1. The van der Waals surface area contributed by atoms with Crippen molar-refractivity contribution in [1.82, 2.24) is 5.16 Å². The first-order chi connectivity index (χ1) is 7.06. The second-order valence-corrected chi connectivity index (χ2v) is 3.33. The highest BCUT2D eigenvalue weighted by Crippen LogP contribution is 2.08. The van der Waals surface area contributed by atoms with Crippen molar-refractivity contribution in [1.29, 1.82) is 0 Å². The average Bonchev–Trinajstić information content (AvgIpc) is 2.50. The molecule has 4 N–H and O–H groups in total. The summed E-state index contributed by atoms with van der Waals surface area (Å²) >= 11 is 0. The lowest BCUT2D eigenvalue weighted by molar-refractivity contribution is -0.138. The molecule has 1 unspecified atom stereocenters. The van der Waals surface area contributed by atoms with E-state index in [4.69, 9.17) is 15.4 Å². The van der Waals surface area contributed by atoms with Crippen LogP contribution < -0.4 is 11.3 Å². The Balaban J connectivity index is 2.87. The van der Waals surface area contributed by atoms with E-state index in [2.05, 4.69) is 5.16 Å². The van der Waals surface area contributed by atoms with E-state index in [1.54, 1.807) is 0 Å². The van der Waals surface area contributed by atoms with Gasteiger partial charge in [-0.3, -0.25) is 9.59 Å². The highest BCUT2D eigenvalue weighted by atomic mass is 16.5. The van der Waals surface area contributed by atoms with Crippen molar-refractivity contribution in [3.05, 3.63) is 21.7 Å². The Morgan fingerprint density at radius 1 is 1.67 bits per heavy atom. The third-order valence-electron chi connectivity index (χ3n) is 2.10. The van der Waals surface area contributed by atoms with Crippen molar-refractivity contribution in [3.8, 4) is 0 Å². The van der Waals surface area contributed by atoms with Crippen LogP contribution in [-0.2, 0) is 17.6 Å². The molecule has 1 atom stereocenters. The topological polar surface area (TPSA) is 109 Å². The number of nitrogens with one attached hydrogen (secondary N) is 1. The van der Waals surface area contributed by atoms with Gasteiger partial charge in [0.15, 0.2) is 0 Å². The fraction of sp³-hybridized carbons (Fsp3) is 0.556. The van der Waals surface area contributed by atoms with Crippen molar-refractivity contribution in [2.75, 3.05) is 0 Å². The fourth-order valence-corrected chi connectivity index (χ4v) is 1.30. The maximum atomic E-state index is 11.3. The molecule has 84 valence electrons. The maximum Gasteiger partial charge on any atom is 0.320 e. The minimum Gasteiger partial charge on any atom is -0.480 e. The van der Waals surface area contributed by atoms with Crippen molar-refractivity contribution in [2.24, 2.45) is 5.73 Å². The van der Waals surface area contributed by atoms with E-state index in [1.165, 1.54) is 0 Å². The van der Waals surface area contributed by atoms with E-state index in [1.807, 2.05) is 6.92 Å². The van der Waals surface area contributed by atoms with Gasteiger partial charge in [0.25, 0.3) is 5.56 Å². The van der Waals surface area contributed by atoms with Gasteiger partial charge in [0, 0.05) is 12.8 Å². The summed E-state index contributed by atoms with van der Waals surface area (Å²) in [4.78, 5) is 21.8. The van der Waals surface area contributed by atoms with Crippen LogP contribution >= 0.6 is 0 Å². The third kappa shape index (κ3) is 2.69. The summed E-state index contributed by atoms with van der Waals surface area (Å²) in [7, 11) is 0. The lowest BCUT2D eigenvalue weighted by Crippen LogP contribution is -2.34. The normalized spacial score (nSPS) is 12.7. The molecular weight excluding hydrogens is 200 g/mol. The molecule has 15 heavy (non-hydrogen) atoms. The summed E-state index contributed by atoms with van der Waals surface area (Å²) in [5, 5.41) is 10.8. The molecule has 0 aliphatic rings. The summed E-state index contributed by atoms with van der Waals surface area (Å²) in [6, 6.07) is -1.07. The molecule has 1 rings (SSSR count). The Morgan fingerprint density at radius 2 is 2.33 bits per heavy atom. The van der Waals surface area contributed by atoms with Crippen molar-refractivity contribution < 1.29 is 14.4 Å². The molecule has 0 spiro atoms. The largest absolute Gasteiger partial charge is 0.480 e. The summed E-state index contributed by atoms with van der Waals surface area (Å²) in [5.74, 6) is -0.628. The first-order valence-corrected chi connectivity index (χ1v) is 4.73. The predicted octanol–water partition coefficient (Wildman–Crippen LogP) is -0.125. The lowest BCUT2D eigenvalue weighted by Gasteiger charge is -2.03. The Morgan fingerprint density at radius 3 is 2.87 bits per heavy atom. The number of carboxylic acids is 1. The molecule has 0 aromatic carbocycles. The third-order valence-corrected chi connectivity index (χ3v) is 2.10. The number of aryl methyl sites for hydroxylation is 1. The zero-order valence-corrected chi connectivity index (χ0v) is 8.45. The van der Waals surface area contributed by atoms with Crippen LogP contribution in [0.1, 0.15) is 24.7 Å². The molecule has 0 aliphatic carbocycles. The van der Waals surface area contributed by atoms with Crippen molar-refractivity contribution in [3.63, 3.8) is 0 Å². The number of hydrogen-bond donors (Lipinski definition) is 3. The molecule has 0 amide bonds. The number of nitrogens with two attached hydrogens (primary N) is 1. The van der Waals surface area contributed by atoms with Gasteiger partial charge in [-0.15, -0.1) is 0 Å². The second-order valence-electron chi connectivity index (χ2n) is 3.33. The second kappa shape index (κ2) is 4.79. The minimum atomic E-state index is -1.13. The summed E-state index contributed by atoms with van der Waals surface area (Å²) in [5.41, 5.74) is 5.29. The van der Waals surface area contributed by atoms with Crippen LogP contribution in [0.3, 0.4) is 0 Å². The van der Waals surface area contributed by atoms with Crippen LogP contribution in [0.5, 0.6) is 0 Å². The first kappa shape index (κ1) is 11.5. The van der Waals surface area contributed by atoms with Crippen LogP contribution in [0, 0.1) is 0 Å². The molecule has 0 fully saturated rings. The number of carbonyl (C=O) groups is 1. The molecule has 0 saturated heterocycles. The number of carboxylic acid groups (broad SMARTS) is 1. The Hall–Kier alpha value is -1.56. The van der Waals surface area contributed by atoms with E-state index < -0.39 is 17.6 Å². The van der Waals surface area contributed by atoms with E-state index >= 15 is 0 Å². The molecule has 0 saturated carbocycles. The molecule has 1 aromatic rings. The summed E-state index contributed by atoms with van der Waals surface area (Å²) in [6.45, 7) is 1.94. The van der Waals surface area contributed by atoms with Crippen molar-refractivity contribution >= 4 is 5.97 Å². The number of aromatic amines is 1. The first-order valence-electron chi connectivity index (χ1n) is 4.73. The molecule has 1 aromatic heterocycles. The van der Waals surface area contributed by atoms with Crippen LogP contribution in [0.2, 0.25) is 0 Å². The molecule has 6 nitrogen and oxygen atoms in total. The standard InChI is InChI=1S/C9H14N2O4/c1-2-3-7-5(8(12)11-15-7)4-6(10)9(13)14/h6H,2-4,10H2,1H3,(H,11,12)(H,13,14). The molecule has 0 radical (unpaired) electrons. The highest BCUT2D eigenvalue weighted by Gasteiger charge is 2.19. The quantitative estimate of drug-likeness (QED) is 0.632. The number of H-pyrrole nitrogens is 1. The van der Waals surface area contributed by atoms with Gasteiger partial charge in [0.2, 0.25) is 0 Å². The van der Waals surface area contributed by atoms with Gasteiger partial charge in [0.05, 0.1) is 5.56 Å². The zero-order chi connectivity index (χ0) is 11.4. The Labute approximate surface area is 86.0 Å². The van der Waals surface area contributed by atoms with Gasteiger partial charge >= 0.3 is 5.97 Å². The fourth-order valence-electron chi connectivity index (χ4n) is 1.30. The van der Waals surface area contributed by atoms with Crippen LogP contribution in [0.15, 0.2) is 9.32 Å². The number of aliphatic carboxylic acids is 1. The van der Waals surface area contributed by atoms with E-state index in [0.29, 0.717) is 17.7 Å².